The third-order valence-corrected chi connectivity index (χ3v) is 4.00. The Kier molecular flexibility index (Phi) is 5.56. The molecule has 1 aromatic rings. The lowest BCUT2D eigenvalue weighted by Crippen LogP contribution is -2.43. The van der Waals surface area contributed by atoms with Gasteiger partial charge in [-0.25, -0.2) is 4.98 Å². The average molecular weight is 290 g/mol. The molecule has 1 amide bonds. The van der Waals surface area contributed by atoms with Crippen LogP contribution < -0.4 is 5.32 Å². The summed E-state index contributed by atoms with van der Waals surface area (Å²) in [5.74, 6) is 0.891. The fourth-order valence-electron chi connectivity index (χ4n) is 2.87. The Balaban J connectivity index is 2.18. The Morgan fingerprint density at radius 3 is 2.95 bits per heavy atom. The van der Waals surface area contributed by atoms with Crippen LogP contribution in [0.15, 0.2) is 18.3 Å². The van der Waals surface area contributed by atoms with Crippen LogP contribution in [0.1, 0.15) is 37.0 Å². The molecule has 1 aromatic heterocycles. The Morgan fingerprint density at radius 2 is 2.24 bits per heavy atom. The molecule has 5 heteroatoms. The van der Waals surface area contributed by atoms with Gasteiger partial charge in [-0.1, -0.05) is 6.92 Å². The molecule has 1 N–H and O–H groups in total. The van der Waals surface area contributed by atoms with Gasteiger partial charge in [0.2, 0.25) is 0 Å². The van der Waals surface area contributed by atoms with E-state index in [9.17, 15) is 4.79 Å². The SMILES string of the molecule is CCNc1cc(C(=O)N2CCCN(C)CC2CC)ccn1. The van der Waals surface area contributed by atoms with Crippen LogP contribution in [0.5, 0.6) is 0 Å². The van der Waals surface area contributed by atoms with Crippen LogP contribution in [0, 0.1) is 0 Å². The number of nitrogens with zero attached hydrogens (tertiary/aromatic N) is 3. The third-order valence-electron chi connectivity index (χ3n) is 4.00. The molecule has 0 bridgehead atoms. The quantitative estimate of drug-likeness (QED) is 0.922. The lowest BCUT2D eigenvalue weighted by molar-refractivity contribution is 0.0675. The van der Waals surface area contributed by atoms with Crippen molar-refractivity contribution in [3.63, 3.8) is 0 Å². The third kappa shape index (κ3) is 3.94. The first-order valence-corrected chi connectivity index (χ1v) is 7.85. The lowest BCUT2D eigenvalue weighted by atomic mass is 10.1. The zero-order valence-electron chi connectivity index (χ0n) is 13.3. The van der Waals surface area contributed by atoms with E-state index in [1.807, 2.05) is 24.0 Å². The predicted molar refractivity (Wildman–Crippen MR) is 85.6 cm³/mol. The highest BCUT2D eigenvalue weighted by atomic mass is 16.2. The van der Waals surface area contributed by atoms with E-state index in [1.54, 1.807) is 6.20 Å². The minimum absolute atomic E-state index is 0.124. The van der Waals surface area contributed by atoms with Crippen LogP contribution in [0.4, 0.5) is 5.82 Å². The molecule has 1 atom stereocenters. The van der Waals surface area contributed by atoms with Crippen molar-refractivity contribution in [1.82, 2.24) is 14.8 Å². The van der Waals surface area contributed by atoms with E-state index < -0.39 is 0 Å². The van der Waals surface area contributed by atoms with Gasteiger partial charge in [-0.2, -0.15) is 0 Å². The van der Waals surface area contributed by atoms with E-state index in [1.165, 1.54) is 0 Å². The first-order chi connectivity index (χ1) is 10.2. The highest BCUT2D eigenvalue weighted by Crippen LogP contribution is 2.17. The van der Waals surface area contributed by atoms with Crippen molar-refractivity contribution in [2.45, 2.75) is 32.7 Å². The first-order valence-electron chi connectivity index (χ1n) is 7.85. The molecule has 0 radical (unpaired) electrons. The summed E-state index contributed by atoms with van der Waals surface area (Å²) in [4.78, 5) is 21.4. The van der Waals surface area contributed by atoms with E-state index in [0.29, 0.717) is 6.04 Å². The van der Waals surface area contributed by atoms with Crippen LogP contribution in [0.3, 0.4) is 0 Å². The Bertz CT molecular complexity index is 477. The molecule has 1 aliphatic heterocycles. The fraction of sp³-hybridized carbons (Fsp3) is 0.625. The van der Waals surface area contributed by atoms with Gasteiger partial charge in [-0.3, -0.25) is 4.79 Å². The number of hydrogen-bond donors (Lipinski definition) is 1. The van der Waals surface area contributed by atoms with Gasteiger partial charge in [0.25, 0.3) is 5.91 Å². The number of carbonyl (C=O) groups excluding carboxylic acids is 1. The van der Waals surface area contributed by atoms with Gasteiger partial charge in [0.15, 0.2) is 0 Å². The minimum Gasteiger partial charge on any atom is -0.370 e. The summed E-state index contributed by atoms with van der Waals surface area (Å²) in [7, 11) is 2.13. The van der Waals surface area contributed by atoms with Crippen LogP contribution in [-0.2, 0) is 0 Å². The highest BCUT2D eigenvalue weighted by molar-refractivity contribution is 5.95. The van der Waals surface area contributed by atoms with Crippen LogP contribution in [0.2, 0.25) is 0 Å². The number of likely N-dealkylation sites (N-methyl/N-ethyl adjacent to an activating group) is 1. The summed E-state index contributed by atoms with van der Waals surface area (Å²) in [5, 5.41) is 3.16. The first kappa shape index (κ1) is 15.8. The van der Waals surface area contributed by atoms with Crippen molar-refractivity contribution >= 4 is 11.7 Å². The maximum atomic E-state index is 12.8. The molecule has 0 aromatic carbocycles. The maximum absolute atomic E-state index is 12.8. The summed E-state index contributed by atoms with van der Waals surface area (Å²) in [6.45, 7) is 7.82. The maximum Gasteiger partial charge on any atom is 0.254 e. The number of anilines is 1. The molecule has 2 heterocycles. The van der Waals surface area contributed by atoms with Crippen molar-refractivity contribution in [1.29, 1.82) is 0 Å². The highest BCUT2D eigenvalue weighted by Gasteiger charge is 2.26. The number of aromatic nitrogens is 1. The summed E-state index contributed by atoms with van der Waals surface area (Å²) in [5.41, 5.74) is 0.726. The van der Waals surface area contributed by atoms with Crippen molar-refractivity contribution in [3.05, 3.63) is 23.9 Å². The Labute approximate surface area is 127 Å². The molecule has 2 rings (SSSR count). The standard InChI is InChI=1S/C16H26N4O/c1-4-14-12-19(3)9-6-10-20(14)16(21)13-7-8-18-15(11-13)17-5-2/h7-8,11,14H,4-6,9-10,12H2,1-3H3,(H,17,18). The molecule has 0 spiro atoms. The predicted octanol–water partition coefficient (Wildman–Crippen LogP) is 2.07. The molecule has 1 unspecified atom stereocenters. The van der Waals surface area contributed by atoms with Crippen molar-refractivity contribution in [3.8, 4) is 0 Å². The monoisotopic (exact) mass is 290 g/mol. The molecule has 1 fully saturated rings. The molecule has 5 nitrogen and oxygen atoms in total. The number of carbonyl (C=O) groups is 1. The second-order valence-corrected chi connectivity index (χ2v) is 5.64. The second-order valence-electron chi connectivity index (χ2n) is 5.64. The van der Waals surface area contributed by atoms with Crippen molar-refractivity contribution in [2.75, 3.05) is 38.5 Å². The number of rotatable bonds is 4. The van der Waals surface area contributed by atoms with Gasteiger partial charge in [0, 0.05) is 37.4 Å². The van der Waals surface area contributed by atoms with Crippen LogP contribution >= 0.6 is 0 Å². The second kappa shape index (κ2) is 7.41. The van der Waals surface area contributed by atoms with E-state index in [0.717, 1.165) is 50.4 Å². The van der Waals surface area contributed by atoms with Gasteiger partial charge < -0.3 is 15.1 Å². The molecule has 1 saturated heterocycles. The summed E-state index contributed by atoms with van der Waals surface area (Å²) in [6, 6.07) is 3.96. The summed E-state index contributed by atoms with van der Waals surface area (Å²) < 4.78 is 0. The molecular formula is C16H26N4O. The molecular weight excluding hydrogens is 264 g/mol. The van der Waals surface area contributed by atoms with Gasteiger partial charge in [-0.05, 0) is 45.5 Å². The van der Waals surface area contributed by atoms with Crippen molar-refractivity contribution < 1.29 is 4.79 Å². The van der Waals surface area contributed by atoms with Crippen LogP contribution in [0.25, 0.3) is 0 Å². The largest absolute Gasteiger partial charge is 0.370 e. The van der Waals surface area contributed by atoms with Gasteiger partial charge in [-0.15, -0.1) is 0 Å². The Morgan fingerprint density at radius 1 is 1.43 bits per heavy atom. The smallest absolute Gasteiger partial charge is 0.254 e. The van der Waals surface area contributed by atoms with Gasteiger partial charge in [0.05, 0.1) is 0 Å². The molecule has 1 aliphatic rings. The zero-order valence-corrected chi connectivity index (χ0v) is 13.3. The van der Waals surface area contributed by atoms with E-state index in [4.69, 9.17) is 0 Å². The number of amides is 1. The topological polar surface area (TPSA) is 48.5 Å². The number of hydrogen-bond acceptors (Lipinski definition) is 4. The zero-order chi connectivity index (χ0) is 15.2. The van der Waals surface area contributed by atoms with Crippen LogP contribution in [-0.4, -0.2) is 60.0 Å². The number of pyridine rings is 1. The van der Waals surface area contributed by atoms with E-state index in [2.05, 4.69) is 29.2 Å². The van der Waals surface area contributed by atoms with E-state index >= 15 is 0 Å². The average Bonchev–Trinajstić information content (AvgIpc) is 2.68. The summed E-state index contributed by atoms with van der Waals surface area (Å²) in [6.07, 6.45) is 3.72. The normalized spacial score (nSPS) is 20.1. The summed E-state index contributed by atoms with van der Waals surface area (Å²) >= 11 is 0. The fourth-order valence-corrected chi connectivity index (χ4v) is 2.87. The minimum atomic E-state index is 0.124. The van der Waals surface area contributed by atoms with Gasteiger partial charge >= 0.3 is 0 Å². The van der Waals surface area contributed by atoms with E-state index in [-0.39, 0.29) is 5.91 Å². The molecule has 21 heavy (non-hydrogen) atoms. The molecule has 0 saturated carbocycles. The lowest BCUT2D eigenvalue weighted by Gasteiger charge is -2.30. The van der Waals surface area contributed by atoms with Crippen molar-refractivity contribution in [2.24, 2.45) is 0 Å². The molecule has 0 aliphatic carbocycles. The number of nitrogens with one attached hydrogen (secondary N) is 1. The Hall–Kier alpha value is -1.62. The molecule has 116 valence electrons. The van der Waals surface area contributed by atoms with Gasteiger partial charge in [0.1, 0.15) is 5.82 Å².